The van der Waals surface area contributed by atoms with E-state index in [-0.39, 0.29) is 0 Å². The Bertz CT molecular complexity index is 108. The first kappa shape index (κ1) is 11.5. The standard InChI is InChI=1S/C11H23N/c1-4-6-8-9-11-12(3)10-7-5-2/h9,11H,4-8,10H2,1-3H3/b11-9+. The van der Waals surface area contributed by atoms with Crippen LogP contribution in [0.1, 0.15) is 46.0 Å². The quantitative estimate of drug-likeness (QED) is 0.528. The van der Waals surface area contributed by atoms with Gasteiger partial charge in [-0.3, -0.25) is 0 Å². The SMILES string of the molecule is CCCC/C=C/N(C)CCCC. The van der Waals surface area contributed by atoms with Crippen LogP contribution in [0.2, 0.25) is 0 Å². The van der Waals surface area contributed by atoms with Crippen LogP contribution in [0.15, 0.2) is 12.3 Å². The first-order chi connectivity index (χ1) is 5.81. The molecule has 0 aliphatic carbocycles. The van der Waals surface area contributed by atoms with Crippen LogP contribution in [0.25, 0.3) is 0 Å². The van der Waals surface area contributed by atoms with Crippen LogP contribution < -0.4 is 0 Å². The number of hydrogen-bond acceptors (Lipinski definition) is 1. The van der Waals surface area contributed by atoms with E-state index in [0.29, 0.717) is 0 Å². The lowest BCUT2D eigenvalue weighted by Gasteiger charge is -2.12. The molecule has 0 bridgehead atoms. The maximum absolute atomic E-state index is 2.28. The van der Waals surface area contributed by atoms with Gasteiger partial charge in [-0.2, -0.15) is 0 Å². The highest BCUT2D eigenvalue weighted by molar-refractivity contribution is 4.80. The predicted molar refractivity (Wildman–Crippen MR) is 56.2 cm³/mol. The summed E-state index contributed by atoms with van der Waals surface area (Å²) in [6.07, 6.45) is 10.9. The maximum atomic E-state index is 2.28. The van der Waals surface area contributed by atoms with E-state index in [4.69, 9.17) is 0 Å². The van der Waals surface area contributed by atoms with Gasteiger partial charge in [0, 0.05) is 13.6 Å². The minimum atomic E-state index is 1.19. The van der Waals surface area contributed by atoms with Crippen molar-refractivity contribution in [1.82, 2.24) is 4.90 Å². The predicted octanol–water partition coefficient (Wildman–Crippen LogP) is 3.42. The van der Waals surface area contributed by atoms with E-state index in [1.165, 1.54) is 38.6 Å². The van der Waals surface area contributed by atoms with Crippen LogP contribution in [0.5, 0.6) is 0 Å². The van der Waals surface area contributed by atoms with Crippen molar-refractivity contribution in [3.63, 3.8) is 0 Å². The molecule has 0 amide bonds. The molecular weight excluding hydrogens is 146 g/mol. The average molecular weight is 169 g/mol. The first-order valence-electron chi connectivity index (χ1n) is 5.18. The fraction of sp³-hybridized carbons (Fsp3) is 0.818. The van der Waals surface area contributed by atoms with Crippen LogP contribution in [-0.2, 0) is 0 Å². The van der Waals surface area contributed by atoms with E-state index in [0.717, 1.165) is 0 Å². The summed E-state index contributed by atoms with van der Waals surface area (Å²) in [5.74, 6) is 0. The number of nitrogens with zero attached hydrogens (tertiary/aromatic N) is 1. The highest BCUT2D eigenvalue weighted by Crippen LogP contribution is 1.97. The molecule has 0 saturated carbocycles. The average Bonchev–Trinajstić information content (AvgIpc) is 2.09. The molecule has 0 aromatic heterocycles. The van der Waals surface area contributed by atoms with Crippen molar-refractivity contribution in [3.8, 4) is 0 Å². The molecule has 0 spiro atoms. The molecule has 0 rings (SSSR count). The van der Waals surface area contributed by atoms with E-state index in [1.807, 2.05) is 0 Å². The van der Waals surface area contributed by atoms with E-state index < -0.39 is 0 Å². The second-order valence-corrected chi connectivity index (χ2v) is 3.36. The summed E-state index contributed by atoms with van der Waals surface area (Å²) in [6, 6.07) is 0. The summed E-state index contributed by atoms with van der Waals surface area (Å²) in [5.41, 5.74) is 0. The Morgan fingerprint density at radius 2 is 1.75 bits per heavy atom. The van der Waals surface area contributed by atoms with Crippen LogP contribution in [-0.4, -0.2) is 18.5 Å². The van der Waals surface area contributed by atoms with Crippen molar-refractivity contribution in [3.05, 3.63) is 12.3 Å². The Morgan fingerprint density at radius 3 is 2.33 bits per heavy atom. The Morgan fingerprint density at radius 1 is 1.08 bits per heavy atom. The van der Waals surface area contributed by atoms with Gasteiger partial charge < -0.3 is 4.90 Å². The molecule has 0 aliphatic rings. The number of allylic oxidation sites excluding steroid dienone is 1. The van der Waals surface area contributed by atoms with Crippen LogP contribution in [0.3, 0.4) is 0 Å². The lowest BCUT2D eigenvalue weighted by molar-refractivity contribution is 0.439. The highest BCUT2D eigenvalue weighted by Gasteiger charge is 1.88. The van der Waals surface area contributed by atoms with Gasteiger partial charge in [-0.1, -0.05) is 39.2 Å². The summed E-state index contributed by atoms with van der Waals surface area (Å²) in [6.45, 7) is 5.66. The van der Waals surface area contributed by atoms with Crippen LogP contribution in [0.4, 0.5) is 0 Å². The molecule has 0 radical (unpaired) electrons. The molecule has 0 unspecified atom stereocenters. The normalized spacial score (nSPS) is 10.9. The van der Waals surface area contributed by atoms with Crippen molar-refractivity contribution in [2.75, 3.05) is 13.6 Å². The fourth-order valence-electron chi connectivity index (χ4n) is 1.06. The smallest absolute Gasteiger partial charge is 0.0169 e. The van der Waals surface area contributed by atoms with Gasteiger partial charge in [0.2, 0.25) is 0 Å². The van der Waals surface area contributed by atoms with E-state index in [2.05, 4.69) is 38.1 Å². The van der Waals surface area contributed by atoms with Crippen molar-refractivity contribution >= 4 is 0 Å². The lowest BCUT2D eigenvalue weighted by Crippen LogP contribution is -2.11. The summed E-state index contributed by atoms with van der Waals surface area (Å²) < 4.78 is 0. The van der Waals surface area contributed by atoms with Crippen LogP contribution in [0, 0.1) is 0 Å². The van der Waals surface area contributed by atoms with Crippen molar-refractivity contribution in [1.29, 1.82) is 0 Å². The minimum Gasteiger partial charge on any atom is -0.381 e. The molecule has 0 atom stereocenters. The van der Waals surface area contributed by atoms with Crippen molar-refractivity contribution < 1.29 is 0 Å². The summed E-state index contributed by atoms with van der Waals surface area (Å²) >= 11 is 0. The summed E-state index contributed by atoms with van der Waals surface area (Å²) in [5, 5.41) is 0. The molecular formula is C11H23N. The topological polar surface area (TPSA) is 3.24 Å². The third kappa shape index (κ3) is 7.64. The van der Waals surface area contributed by atoms with Gasteiger partial charge in [-0.05, 0) is 19.0 Å². The van der Waals surface area contributed by atoms with E-state index >= 15 is 0 Å². The molecule has 0 heterocycles. The van der Waals surface area contributed by atoms with Gasteiger partial charge in [0.15, 0.2) is 0 Å². The summed E-state index contributed by atoms with van der Waals surface area (Å²) in [4.78, 5) is 2.28. The third-order valence-corrected chi connectivity index (χ3v) is 1.95. The van der Waals surface area contributed by atoms with Gasteiger partial charge in [-0.15, -0.1) is 0 Å². The van der Waals surface area contributed by atoms with Gasteiger partial charge in [0.05, 0.1) is 0 Å². The molecule has 12 heavy (non-hydrogen) atoms. The number of unbranched alkanes of at least 4 members (excludes halogenated alkanes) is 3. The largest absolute Gasteiger partial charge is 0.381 e. The molecule has 0 N–H and O–H groups in total. The lowest BCUT2D eigenvalue weighted by atomic mass is 10.2. The van der Waals surface area contributed by atoms with Gasteiger partial charge in [-0.25, -0.2) is 0 Å². The Kier molecular flexibility index (Phi) is 8.30. The van der Waals surface area contributed by atoms with E-state index in [1.54, 1.807) is 0 Å². The maximum Gasteiger partial charge on any atom is 0.0169 e. The molecule has 1 nitrogen and oxygen atoms in total. The fourth-order valence-corrected chi connectivity index (χ4v) is 1.06. The molecule has 0 aliphatic heterocycles. The van der Waals surface area contributed by atoms with Gasteiger partial charge in [0.1, 0.15) is 0 Å². The van der Waals surface area contributed by atoms with Crippen LogP contribution >= 0.6 is 0 Å². The van der Waals surface area contributed by atoms with Gasteiger partial charge in [0.25, 0.3) is 0 Å². The van der Waals surface area contributed by atoms with E-state index in [9.17, 15) is 0 Å². The zero-order valence-electron chi connectivity index (χ0n) is 8.84. The zero-order valence-corrected chi connectivity index (χ0v) is 8.84. The first-order valence-corrected chi connectivity index (χ1v) is 5.18. The zero-order chi connectivity index (χ0) is 9.23. The number of rotatable bonds is 7. The Balaban J connectivity index is 3.27. The van der Waals surface area contributed by atoms with Gasteiger partial charge >= 0.3 is 0 Å². The second kappa shape index (κ2) is 8.63. The summed E-state index contributed by atoms with van der Waals surface area (Å²) in [7, 11) is 2.15. The number of hydrogen-bond donors (Lipinski definition) is 0. The third-order valence-electron chi connectivity index (χ3n) is 1.95. The molecule has 72 valence electrons. The van der Waals surface area contributed by atoms with Crippen molar-refractivity contribution in [2.24, 2.45) is 0 Å². The van der Waals surface area contributed by atoms with Crippen molar-refractivity contribution in [2.45, 2.75) is 46.0 Å². The monoisotopic (exact) mass is 169 g/mol. The molecule has 0 aromatic rings. The second-order valence-electron chi connectivity index (χ2n) is 3.36. The Hall–Kier alpha value is -0.460. The Labute approximate surface area is 77.5 Å². The highest BCUT2D eigenvalue weighted by atomic mass is 15.1. The molecule has 0 fully saturated rings. The molecule has 0 aromatic carbocycles. The molecule has 0 saturated heterocycles. The molecule has 1 heteroatoms. The minimum absolute atomic E-state index is 1.19.